The lowest BCUT2D eigenvalue weighted by Crippen LogP contribution is -2.20. The summed E-state index contributed by atoms with van der Waals surface area (Å²) in [4.78, 5) is 17.6. The normalized spacial score (nSPS) is 20.3. The molecule has 1 aliphatic heterocycles. The molecule has 106 valence electrons. The summed E-state index contributed by atoms with van der Waals surface area (Å²) >= 11 is 1.74. The molecule has 0 radical (unpaired) electrons. The molecule has 1 unspecified atom stereocenters. The zero-order valence-corrected chi connectivity index (χ0v) is 12.4. The summed E-state index contributed by atoms with van der Waals surface area (Å²) in [7, 11) is 0. The number of hydrogen-bond acceptors (Lipinski definition) is 4. The molecule has 1 atom stereocenters. The maximum absolute atomic E-state index is 10.6. The lowest BCUT2D eigenvalue weighted by molar-refractivity contribution is -0.137. The van der Waals surface area contributed by atoms with Crippen LogP contribution in [0.3, 0.4) is 0 Å². The molecular formula is C14H22N2O2S. The van der Waals surface area contributed by atoms with E-state index in [-0.39, 0.29) is 0 Å². The summed E-state index contributed by atoms with van der Waals surface area (Å²) in [5.74, 6) is 0.361. The molecule has 1 N–H and O–H groups in total. The third-order valence-corrected chi connectivity index (χ3v) is 4.78. The van der Waals surface area contributed by atoms with Crippen molar-refractivity contribution < 1.29 is 9.90 Å². The fraction of sp³-hybridized carbons (Fsp3) is 0.714. The van der Waals surface area contributed by atoms with Gasteiger partial charge >= 0.3 is 5.97 Å². The maximum atomic E-state index is 10.6. The van der Waals surface area contributed by atoms with Gasteiger partial charge in [0.15, 0.2) is 0 Å². The highest BCUT2D eigenvalue weighted by molar-refractivity contribution is 7.09. The molecule has 0 aromatic carbocycles. The number of aliphatic carboxylic acids is 1. The minimum Gasteiger partial charge on any atom is -0.481 e. The third kappa shape index (κ3) is 4.28. The van der Waals surface area contributed by atoms with Crippen molar-refractivity contribution in [1.29, 1.82) is 0 Å². The Balaban J connectivity index is 1.79. The van der Waals surface area contributed by atoms with Crippen molar-refractivity contribution in [2.75, 3.05) is 13.1 Å². The van der Waals surface area contributed by atoms with Crippen LogP contribution in [0.2, 0.25) is 0 Å². The van der Waals surface area contributed by atoms with Crippen LogP contribution in [0.5, 0.6) is 0 Å². The Bertz CT molecular complexity index is 431. The summed E-state index contributed by atoms with van der Waals surface area (Å²) in [5.41, 5.74) is 1.16. The fourth-order valence-electron chi connectivity index (χ4n) is 2.51. The van der Waals surface area contributed by atoms with Crippen LogP contribution in [-0.4, -0.2) is 34.0 Å². The molecule has 0 spiro atoms. The van der Waals surface area contributed by atoms with E-state index in [1.807, 2.05) is 0 Å². The highest BCUT2D eigenvalue weighted by atomic mass is 32.1. The molecule has 1 fully saturated rings. The van der Waals surface area contributed by atoms with Gasteiger partial charge in [0, 0.05) is 30.8 Å². The lowest BCUT2D eigenvalue weighted by Gasteiger charge is -2.14. The van der Waals surface area contributed by atoms with Gasteiger partial charge in [0.1, 0.15) is 0 Å². The second-order valence-corrected chi connectivity index (χ2v) is 6.54. The van der Waals surface area contributed by atoms with E-state index in [1.165, 1.54) is 5.01 Å². The highest BCUT2D eigenvalue weighted by Gasteiger charge is 2.23. The largest absolute Gasteiger partial charge is 0.481 e. The minimum absolute atomic E-state index is 0.298. The van der Waals surface area contributed by atoms with Gasteiger partial charge in [0.25, 0.3) is 0 Å². The van der Waals surface area contributed by atoms with Crippen LogP contribution in [0.25, 0.3) is 0 Å². The van der Waals surface area contributed by atoms with Crippen molar-refractivity contribution in [2.45, 2.75) is 45.6 Å². The molecule has 0 saturated carbocycles. The quantitative estimate of drug-likeness (QED) is 0.871. The number of carboxylic acids is 1. The van der Waals surface area contributed by atoms with Crippen molar-refractivity contribution in [2.24, 2.45) is 5.92 Å². The predicted molar refractivity (Wildman–Crippen MR) is 76.5 cm³/mol. The molecule has 1 aliphatic rings. The number of aromatic nitrogens is 1. The van der Waals surface area contributed by atoms with Crippen molar-refractivity contribution in [3.05, 3.63) is 16.1 Å². The molecule has 4 nitrogen and oxygen atoms in total. The lowest BCUT2D eigenvalue weighted by atomic mass is 10.0. The first-order valence-electron chi connectivity index (χ1n) is 6.93. The molecule has 1 saturated heterocycles. The topological polar surface area (TPSA) is 53.4 Å². The second kappa shape index (κ2) is 6.48. The van der Waals surface area contributed by atoms with Gasteiger partial charge in [-0.3, -0.25) is 9.69 Å². The smallest absolute Gasteiger partial charge is 0.303 e. The molecule has 1 aromatic rings. The van der Waals surface area contributed by atoms with Gasteiger partial charge in [0.2, 0.25) is 0 Å². The first-order valence-corrected chi connectivity index (χ1v) is 7.81. The van der Waals surface area contributed by atoms with E-state index in [1.54, 1.807) is 11.3 Å². The molecule has 0 amide bonds. The van der Waals surface area contributed by atoms with E-state index < -0.39 is 5.97 Å². The highest BCUT2D eigenvalue weighted by Crippen LogP contribution is 2.24. The van der Waals surface area contributed by atoms with Crippen LogP contribution >= 0.6 is 11.3 Å². The summed E-state index contributed by atoms with van der Waals surface area (Å²) in [5, 5.41) is 12.1. The molecule has 19 heavy (non-hydrogen) atoms. The molecule has 2 rings (SSSR count). The van der Waals surface area contributed by atoms with Crippen LogP contribution in [0, 0.1) is 5.92 Å². The van der Waals surface area contributed by atoms with E-state index in [0.717, 1.165) is 38.2 Å². The van der Waals surface area contributed by atoms with Crippen molar-refractivity contribution in [3.63, 3.8) is 0 Å². The predicted octanol–water partition coefficient (Wildman–Crippen LogP) is 2.95. The number of thiazole rings is 1. The molecular weight excluding hydrogens is 260 g/mol. The van der Waals surface area contributed by atoms with Gasteiger partial charge in [0.05, 0.1) is 10.7 Å². The second-order valence-electron chi connectivity index (χ2n) is 5.65. The Kier molecular flexibility index (Phi) is 4.93. The summed E-state index contributed by atoms with van der Waals surface area (Å²) in [6.07, 6.45) is 2.22. The van der Waals surface area contributed by atoms with Crippen LogP contribution in [-0.2, 0) is 11.3 Å². The standard InChI is InChI=1S/C14H22N2O2S/c1-10(2)14-15-12(9-19-14)8-16-6-5-11(7-16)3-4-13(17)18/h9-11H,3-8H2,1-2H3,(H,17,18). The van der Waals surface area contributed by atoms with E-state index in [9.17, 15) is 4.79 Å². The van der Waals surface area contributed by atoms with Gasteiger partial charge in [-0.15, -0.1) is 11.3 Å². The number of rotatable bonds is 6. The van der Waals surface area contributed by atoms with Crippen molar-refractivity contribution >= 4 is 17.3 Å². The Labute approximate surface area is 118 Å². The Hall–Kier alpha value is -0.940. The molecule has 5 heteroatoms. The minimum atomic E-state index is -0.681. The Morgan fingerprint density at radius 1 is 1.63 bits per heavy atom. The van der Waals surface area contributed by atoms with Crippen LogP contribution < -0.4 is 0 Å². The van der Waals surface area contributed by atoms with Crippen LogP contribution in [0.4, 0.5) is 0 Å². The summed E-state index contributed by atoms with van der Waals surface area (Å²) in [6.45, 7) is 7.33. The third-order valence-electron chi connectivity index (χ3n) is 3.59. The van der Waals surface area contributed by atoms with Crippen molar-refractivity contribution in [3.8, 4) is 0 Å². The van der Waals surface area contributed by atoms with Gasteiger partial charge in [-0.25, -0.2) is 4.98 Å². The number of nitrogens with zero attached hydrogens (tertiary/aromatic N) is 2. The zero-order chi connectivity index (χ0) is 13.8. The SMILES string of the molecule is CC(C)c1nc(CN2CCC(CCC(=O)O)C2)cs1. The first kappa shape index (κ1) is 14.5. The average Bonchev–Trinajstić information content (AvgIpc) is 2.96. The van der Waals surface area contributed by atoms with Gasteiger partial charge in [-0.05, 0) is 25.3 Å². The number of carbonyl (C=O) groups is 1. The van der Waals surface area contributed by atoms with E-state index in [2.05, 4.69) is 29.1 Å². The molecule has 2 heterocycles. The van der Waals surface area contributed by atoms with Gasteiger partial charge in [-0.2, -0.15) is 0 Å². The number of likely N-dealkylation sites (tertiary alicyclic amines) is 1. The zero-order valence-electron chi connectivity index (χ0n) is 11.6. The number of hydrogen-bond donors (Lipinski definition) is 1. The van der Waals surface area contributed by atoms with Crippen molar-refractivity contribution in [1.82, 2.24) is 9.88 Å². The van der Waals surface area contributed by atoms with Gasteiger partial charge < -0.3 is 5.11 Å². The fourth-order valence-corrected chi connectivity index (χ4v) is 3.34. The van der Waals surface area contributed by atoms with Crippen LogP contribution in [0.15, 0.2) is 5.38 Å². The Morgan fingerprint density at radius 2 is 2.42 bits per heavy atom. The summed E-state index contributed by atoms with van der Waals surface area (Å²) in [6, 6.07) is 0. The van der Waals surface area contributed by atoms with E-state index in [4.69, 9.17) is 5.11 Å². The van der Waals surface area contributed by atoms with E-state index in [0.29, 0.717) is 18.3 Å². The molecule has 0 bridgehead atoms. The van der Waals surface area contributed by atoms with Crippen LogP contribution in [0.1, 0.15) is 49.7 Å². The monoisotopic (exact) mass is 282 g/mol. The summed E-state index contributed by atoms with van der Waals surface area (Å²) < 4.78 is 0. The Morgan fingerprint density at radius 3 is 3.05 bits per heavy atom. The van der Waals surface area contributed by atoms with Gasteiger partial charge in [-0.1, -0.05) is 13.8 Å². The first-order chi connectivity index (χ1) is 9.04. The molecule has 1 aromatic heterocycles. The van der Waals surface area contributed by atoms with E-state index >= 15 is 0 Å². The average molecular weight is 282 g/mol. The maximum Gasteiger partial charge on any atom is 0.303 e. The number of carboxylic acid groups (broad SMARTS) is 1. The molecule has 0 aliphatic carbocycles.